The molecule has 1 spiro atoms. The summed E-state index contributed by atoms with van der Waals surface area (Å²) >= 11 is 7.78. The predicted molar refractivity (Wildman–Crippen MR) is 70.5 cm³/mol. The third-order valence-electron chi connectivity index (χ3n) is 3.60. The van der Waals surface area contributed by atoms with Crippen LogP contribution < -0.4 is 5.32 Å². The van der Waals surface area contributed by atoms with E-state index in [0.717, 1.165) is 36.8 Å². The van der Waals surface area contributed by atoms with Crippen molar-refractivity contribution in [2.75, 3.05) is 13.2 Å². The Hall–Kier alpha value is -0.530. The lowest BCUT2D eigenvalue weighted by Crippen LogP contribution is -2.48. The second kappa shape index (κ2) is 4.29. The van der Waals surface area contributed by atoms with Gasteiger partial charge in [0.15, 0.2) is 0 Å². The molecule has 4 heteroatoms. The summed E-state index contributed by atoms with van der Waals surface area (Å²) in [5.41, 5.74) is 1.16. The summed E-state index contributed by atoms with van der Waals surface area (Å²) in [5.74, 6) is 2.79. The first-order chi connectivity index (χ1) is 8.23. The van der Waals surface area contributed by atoms with E-state index in [4.69, 9.17) is 22.8 Å². The SMILES string of the molecule is C#C[C@@H]1CC2(CCN1)OCCc1cc(Cl)sc12. The van der Waals surface area contributed by atoms with Crippen molar-refractivity contribution >= 4 is 22.9 Å². The molecule has 3 rings (SSSR count). The zero-order valence-electron chi connectivity index (χ0n) is 9.46. The number of piperidine rings is 1. The Morgan fingerprint density at radius 2 is 2.53 bits per heavy atom. The van der Waals surface area contributed by atoms with E-state index in [1.54, 1.807) is 11.3 Å². The van der Waals surface area contributed by atoms with Crippen molar-refractivity contribution in [1.29, 1.82) is 0 Å². The standard InChI is InChI=1S/C13H14ClNOS/c1-2-10-8-13(4-5-15-10)12-9(3-6-16-13)7-11(14)17-12/h1,7,10,15H,3-6,8H2/t10-,13?/m1/s1. The second-order valence-electron chi connectivity index (χ2n) is 4.63. The summed E-state index contributed by atoms with van der Waals surface area (Å²) < 4.78 is 6.95. The van der Waals surface area contributed by atoms with Crippen LogP contribution in [0.4, 0.5) is 0 Å². The van der Waals surface area contributed by atoms with E-state index in [-0.39, 0.29) is 11.6 Å². The summed E-state index contributed by atoms with van der Waals surface area (Å²) in [6.45, 7) is 1.68. The van der Waals surface area contributed by atoms with Gasteiger partial charge in [-0.15, -0.1) is 17.8 Å². The molecule has 17 heavy (non-hydrogen) atoms. The van der Waals surface area contributed by atoms with Crippen molar-refractivity contribution in [1.82, 2.24) is 5.32 Å². The molecule has 2 aliphatic heterocycles. The molecule has 1 fully saturated rings. The van der Waals surface area contributed by atoms with Gasteiger partial charge in [0.25, 0.3) is 0 Å². The van der Waals surface area contributed by atoms with Gasteiger partial charge in [0, 0.05) is 11.3 Å². The van der Waals surface area contributed by atoms with Crippen molar-refractivity contribution in [2.45, 2.75) is 30.9 Å². The zero-order chi connectivity index (χ0) is 11.9. The van der Waals surface area contributed by atoms with Crippen molar-refractivity contribution in [3.63, 3.8) is 0 Å². The largest absolute Gasteiger partial charge is 0.369 e. The second-order valence-corrected chi connectivity index (χ2v) is 6.31. The topological polar surface area (TPSA) is 21.3 Å². The molecule has 0 amide bonds. The zero-order valence-corrected chi connectivity index (χ0v) is 11.0. The molecule has 3 heterocycles. The first kappa shape index (κ1) is 11.6. The number of rotatable bonds is 0. The Balaban J connectivity index is 2.00. The summed E-state index contributed by atoms with van der Waals surface area (Å²) in [4.78, 5) is 1.30. The monoisotopic (exact) mass is 267 g/mol. The fraction of sp³-hybridized carbons (Fsp3) is 0.538. The lowest BCUT2D eigenvalue weighted by molar-refractivity contribution is -0.0820. The molecule has 2 atom stereocenters. The molecule has 0 saturated carbocycles. The van der Waals surface area contributed by atoms with Gasteiger partial charge in [0.1, 0.15) is 5.60 Å². The van der Waals surface area contributed by atoms with Crippen LogP contribution in [0.5, 0.6) is 0 Å². The number of ether oxygens (including phenoxy) is 1. The molecule has 1 saturated heterocycles. The smallest absolute Gasteiger partial charge is 0.106 e. The number of halogens is 1. The summed E-state index contributed by atoms with van der Waals surface area (Å²) in [7, 11) is 0. The van der Waals surface area contributed by atoms with Crippen molar-refractivity contribution in [3.8, 4) is 12.3 Å². The first-order valence-electron chi connectivity index (χ1n) is 5.86. The number of nitrogens with one attached hydrogen (secondary N) is 1. The third-order valence-corrected chi connectivity index (χ3v) is 5.09. The van der Waals surface area contributed by atoms with Crippen LogP contribution in [0.15, 0.2) is 6.07 Å². The lowest BCUT2D eigenvalue weighted by Gasteiger charge is -2.42. The normalized spacial score (nSPS) is 32.1. The van der Waals surface area contributed by atoms with Crippen molar-refractivity contribution in [2.24, 2.45) is 0 Å². The minimum absolute atomic E-state index is 0.107. The molecule has 1 aromatic heterocycles. The molecule has 1 N–H and O–H groups in total. The number of hydrogen-bond donors (Lipinski definition) is 1. The fourth-order valence-electron chi connectivity index (χ4n) is 2.80. The quantitative estimate of drug-likeness (QED) is 0.730. The maximum atomic E-state index is 6.13. The average molecular weight is 268 g/mol. The molecule has 0 radical (unpaired) electrons. The molecule has 0 bridgehead atoms. The van der Waals surface area contributed by atoms with E-state index >= 15 is 0 Å². The molecule has 0 aromatic carbocycles. The number of fused-ring (bicyclic) bond motifs is 2. The highest BCUT2D eigenvalue weighted by Crippen LogP contribution is 2.46. The molecular formula is C13H14ClNOS. The van der Waals surface area contributed by atoms with Crippen molar-refractivity contribution < 1.29 is 4.74 Å². The Morgan fingerprint density at radius 3 is 3.35 bits per heavy atom. The maximum absolute atomic E-state index is 6.13. The van der Waals surface area contributed by atoms with E-state index in [1.807, 2.05) is 0 Å². The van der Waals surface area contributed by atoms with Gasteiger partial charge in [-0.3, -0.25) is 0 Å². The predicted octanol–water partition coefficient (Wildman–Crippen LogP) is 2.55. The van der Waals surface area contributed by atoms with Crippen LogP contribution in [0.1, 0.15) is 23.3 Å². The average Bonchev–Trinajstić information content (AvgIpc) is 2.72. The third kappa shape index (κ3) is 1.90. The van der Waals surface area contributed by atoms with Gasteiger partial charge in [-0.1, -0.05) is 17.5 Å². The van der Waals surface area contributed by atoms with Crippen LogP contribution in [-0.4, -0.2) is 19.2 Å². The Labute approximate surface area is 110 Å². The lowest BCUT2D eigenvalue weighted by atomic mass is 9.83. The van der Waals surface area contributed by atoms with Crippen LogP contribution in [-0.2, 0) is 16.8 Å². The van der Waals surface area contributed by atoms with E-state index in [1.165, 1.54) is 10.4 Å². The van der Waals surface area contributed by atoms with Gasteiger partial charge in [-0.25, -0.2) is 0 Å². The van der Waals surface area contributed by atoms with Crippen LogP contribution in [0.25, 0.3) is 0 Å². The van der Waals surface area contributed by atoms with Gasteiger partial charge in [-0.05, 0) is 31.0 Å². The van der Waals surface area contributed by atoms with Gasteiger partial charge in [-0.2, -0.15) is 0 Å². The van der Waals surface area contributed by atoms with E-state index in [2.05, 4.69) is 17.3 Å². The Kier molecular flexibility index (Phi) is 2.92. The minimum Gasteiger partial charge on any atom is -0.369 e. The number of hydrogen-bond acceptors (Lipinski definition) is 3. The van der Waals surface area contributed by atoms with E-state index in [9.17, 15) is 0 Å². The number of terminal acetylenes is 1. The minimum atomic E-state index is -0.187. The molecule has 90 valence electrons. The van der Waals surface area contributed by atoms with Gasteiger partial charge >= 0.3 is 0 Å². The van der Waals surface area contributed by atoms with E-state index < -0.39 is 0 Å². The molecule has 1 unspecified atom stereocenters. The highest BCUT2D eigenvalue weighted by atomic mass is 35.5. The maximum Gasteiger partial charge on any atom is 0.106 e. The van der Waals surface area contributed by atoms with Gasteiger partial charge < -0.3 is 10.1 Å². The van der Waals surface area contributed by atoms with Crippen LogP contribution in [0.3, 0.4) is 0 Å². The Bertz CT molecular complexity index is 478. The summed E-state index contributed by atoms with van der Waals surface area (Å²) in [5, 5.41) is 3.33. The fourth-order valence-corrected chi connectivity index (χ4v) is 4.28. The molecular weight excluding hydrogens is 254 g/mol. The summed E-state index contributed by atoms with van der Waals surface area (Å²) in [6.07, 6.45) is 8.33. The first-order valence-corrected chi connectivity index (χ1v) is 7.05. The van der Waals surface area contributed by atoms with Crippen LogP contribution in [0.2, 0.25) is 4.34 Å². The molecule has 2 nitrogen and oxygen atoms in total. The van der Waals surface area contributed by atoms with Gasteiger partial charge in [0.2, 0.25) is 0 Å². The van der Waals surface area contributed by atoms with Crippen molar-refractivity contribution in [3.05, 3.63) is 20.8 Å². The summed E-state index contributed by atoms with van der Waals surface area (Å²) in [6, 6.07) is 2.19. The Morgan fingerprint density at radius 1 is 1.65 bits per heavy atom. The number of thiophene rings is 1. The molecule has 2 aliphatic rings. The van der Waals surface area contributed by atoms with E-state index in [0.29, 0.717) is 0 Å². The van der Waals surface area contributed by atoms with Crippen LogP contribution >= 0.6 is 22.9 Å². The molecule has 1 aromatic rings. The van der Waals surface area contributed by atoms with Crippen LogP contribution in [0, 0.1) is 12.3 Å². The van der Waals surface area contributed by atoms with Gasteiger partial charge in [0.05, 0.1) is 17.0 Å². The molecule has 0 aliphatic carbocycles. The highest BCUT2D eigenvalue weighted by Gasteiger charge is 2.43. The highest BCUT2D eigenvalue weighted by molar-refractivity contribution is 7.16.